The second-order valence-corrected chi connectivity index (χ2v) is 7.10. The number of tetrazole rings is 1. The third kappa shape index (κ3) is 3.97. The van der Waals surface area contributed by atoms with Crippen LogP contribution in [0.2, 0.25) is 0 Å². The van der Waals surface area contributed by atoms with Crippen molar-refractivity contribution in [2.45, 2.75) is 6.92 Å². The molecule has 0 aliphatic rings. The maximum absolute atomic E-state index is 12.7. The summed E-state index contributed by atoms with van der Waals surface area (Å²) in [4.78, 5) is 29.5. The SMILES string of the molecule is Cc1cc(C(=O)NNC(=O)c2ccc(-n3cnnn3)cc2)c2cc(Br)ccc2n1. The number of amides is 2. The molecule has 2 aromatic heterocycles. The van der Waals surface area contributed by atoms with Crippen molar-refractivity contribution in [3.8, 4) is 5.69 Å². The first-order valence-corrected chi connectivity index (χ1v) is 9.31. The van der Waals surface area contributed by atoms with Gasteiger partial charge in [-0.3, -0.25) is 25.4 Å². The van der Waals surface area contributed by atoms with Crippen LogP contribution in [-0.4, -0.2) is 37.0 Å². The van der Waals surface area contributed by atoms with Crippen LogP contribution in [0.4, 0.5) is 0 Å². The van der Waals surface area contributed by atoms with Gasteiger partial charge in [0.1, 0.15) is 6.33 Å². The van der Waals surface area contributed by atoms with E-state index in [1.54, 1.807) is 30.3 Å². The smallest absolute Gasteiger partial charge is 0.267 e. The molecular weight excluding hydrogens is 438 g/mol. The van der Waals surface area contributed by atoms with E-state index in [1.807, 2.05) is 25.1 Å². The maximum atomic E-state index is 12.7. The third-order valence-electron chi connectivity index (χ3n) is 4.18. The molecule has 4 rings (SSSR count). The van der Waals surface area contributed by atoms with Gasteiger partial charge in [-0.15, -0.1) is 5.10 Å². The highest BCUT2D eigenvalue weighted by Crippen LogP contribution is 2.22. The van der Waals surface area contributed by atoms with Crippen LogP contribution in [0, 0.1) is 6.92 Å². The summed E-state index contributed by atoms with van der Waals surface area (Å²) in [6, 6.07) is 13.8. The monoisotopic (exact) mass is 451 g/mol. The molecule has 29 heavy (non-hydrogen) atoms. The molecule has 0 spiro atoms. The average Bonchev–Trinajstić information content (AvgIpc) is 3.26. The van der Waals surface area contributed by atoms with Crippen molar-refractivity contribution in [1.82, 2.24) is 36.0 Å². The fourth-order valence-corrected chi connectivity index (χ4v) is 3.18. The van der Waals surface area contributed by atoms with E-state index in [4.69, 9.17) is 0 Å². The van der Waals surface area contributed by atoms with Crippen molar-refractivity contribution >= 4 is 38.6 Å². The molecule has 0 unspecified atom stereocenters. The van der Waals surface area contributed by atoms with Gasteiger partial charge in [-0.25, -0.2) is 4.68 Å². The number of aryl methyl sites for hydroxylation is 1. The summed E-state index contributed by atoms with van der Waals surface area (Å²) in [7, 11) is 0. The maximum Gasteiger partial charge on any atom is 0.270 e. The summed E-state index contributed by atoms with van der Waals surface area (Å²) >= 11 is 3.40. The van der Waals surface area contributed by atoms with Gasteiger partial charge < -0.3 is 0 Å². The molecule has 0 saturated heterocycles. The first-order chi connectivity index (χ1) is 14.0. The van der Waals surface area contributed by atoms with Gasteiger partial charge >= 0.3 is 0 Å². The molecule has 0 bridgehead atoms. The largest absolute Gasteiger partial charge is 0.270 e. The Bertz CT molecular complexity index is 1210. The van der Waals surface area contributed by atoms with Crippen LogP contribution in [-0.2, 0) is 0 Å². The Hall–Kier alpha value is -3.66. The molecule has 0 radical (unpaired) electrons. The lowest BCUT2D eigenvalue weighted by atomic mass is 10.1. The van der Waals surface area contributed by atoms with E-state index in [0.29, 0.717) is 33.4 Å². The first kappa shape index (κ1) is 18.7. The summed E-state index contributed by atoms with van der Waals surface area (Å²) in [6.45, 7) is 1.81. The topological polar surface area (TPSA) is 115 Å². The number of pyridine rings is 1. The first-order valence-electron chi connectivity index (χ1n) is 8.52. The number of halogens is 1. The minimum absolute atomic E-state index is 0.376. The van der Waals surface area contributed by atoms with E-state index in [2.05, 4.69) is 47.3 Å². The molecule has 2 heterocycles. The number of carbonyl (C=O) groups excluding carboxylic acids is 2. The molecule has 0 fully saturated rings. The standard InChI is InChI=1S/C19H14BrN7O2/c1-11-8-16(15-9-13(20)4-7-17(15)22-11)19(29)24-23-18(28)12-2-5-14(6-3-12)27-10-21-25-26-27/h2-10H,1H3,(H,23,28)(H,24,29). The highest BCUT2D eigenvalue weighted by molar-refractivity contribution is 9.10. The van der Waals surface area contributed by atoms with E-state index in [-0.39, 0.29) is 0 Å². The number of hydrogen-bond donors (Lipinski definition) is 2. The number of benzene rings is 2. The van der Waals surface area contributed by atoms with E-state index < -0.39 is 11.8 Å². The number of nitrogens with one attached hydrogen (secondary N) is 2. The predicted octanol–water partition coefficient (Wildman–Crippen LogP) is 2.36. The Morgan fingerprint density at radius 1 is 1.00 bits per heavy atom. The number of nitrogens with zero attached hydrogens (tertiary/aromatic N) is 5. The van der Waals surface area contributed by atoms with Crippen LogP contribution >= 0.6 is 15.9 Å². The summed E-state index contributed by atoms with van der Waals surface area (Å²) in [5.74, 6) is -0.880. The summed E-state index contributed by atoms with van der Waals surface area (Å²) in [6.07, 6.45) is 1.45. The predicted molar refractivity (Wildman–Crippen MR) is 108 cm³/mol. The van der Waals surface area contributed by atoms with Crippen molar-refractivity contribution in [3.63, 3.8) is 0 Å². The quantitative estimate of drug-likeness (QED) is 0.462. The zero-order chi connectivity index (χ0) is 20.4. The van der Waals surface area contributed by atoms with E-state index in [1.165, 1.54) is 11.0 Å². The van der Waals surface area contributed by atoms with Gasteiger partial charge in [-0.1, -0.05) is 15.9 Å². The highest BCUT2D eigenvalue weighted by Gasteiger charge is 2.14. The van der Waals surface area contributed by atoms with Crippen LogP contribution in [0.25, 0.3) is 16.6 Å². The van der Waals surface area contributed by atoms with E-state index in [9.17, 15) is 9.59 Å². The summed E-state index contributed by atoms with van der Waals surface area (Å²) in [5, 5.41) is 11.6. The second kappa shape index (κ2) is 7.76. The molecular formula is C19H14BrN7O2. The Morgan fingerprint density at radius 2 is 1.76 bits per heavy atom. The zero-order valence-electron chi connectivity index (χ0n) is 15.1. The fraction of sp³-hybridized carbons (Fsp3) is 0.0526. The normalized spacial score (nSPS) is 10.7. The van der Waals surface area contributed by atoms with Gasteiger partial charge in [-0.05, 0) is 65.9 Å². The van der Waals surface area contributed by atoms with Crippen molar-refractivity contribution in [2.24, 2.45) is 0 Å². The summed E-state index contributed by atoms with van der Waals surface area (Å²) < 4.78 is 2.30. The number of hydrazine groups is 1. The van der Waals surface area contributed by atoms with Crippen LogP contribution in [0.15, 0.2) is 59.3 Å². The Kier molecular flexibility index (Phi) is 5.00. The third-order valence-corrected chi connectivity index (χ3v) is 4.67. The molecule has 2 N–H and O–H groups in total. The zero-order valence-corrected chi connectivity index (χ0v) is 16.7. The molecule has 0 atom stereocenters. The van der Waals surface area contributed by atoms with Gasteiger partial charge in [-0.2, -0.15) is 0 Å². The van der Waals surface area contributed by atoms with E-state index in [0.717, 1.165) is 4.47 Å². The van der Waals surface area contributed by atoms with Crippen molar-refractivity contribution in [2.75, 3.05) is 0 Å². The molecule has 144 valence electrons. The lowest BCUT2D eigenvalue weighted by Crippen LogP contribution is -2.41. The van der Waals surface area contributed by atoms with Gasteiger partial charge in [0.15, 0.2) is 0 Å². The Balaban J connectivity index is 1.49. The van der Waals surface area contributed by atoms with Gasteiger partial charge in [0.05, 0.1) is 16.8 Å². The van der Waals surface area contributed by atoms with Crippen LogP contribution in [0.3, 0.4) is 0 Å². The molecule has 2 amide bonds. The van der Waals surface area contributed by atoms with Gasteiger partial charge in [0, 0.05) is 21.1 Å². The van der Waals surface area contributed by atoms with Crippen LogP contribution in [0.5, 0.6) is 0 Å². The number of hydrogen-bond acceptors (Lipinski definition) is 6. The molecule has 0 saturated carbocycles. The van der Waals surface area contributed by atoms with Crippen molar-refractivity contribution in [3.05, 3.63) is 76.2 Å². The fourth-order valence-electron chi connectivity index (χ4n) is 2.82. The van der Waals surface area contributed by atoms with Gasteiger partial charge in [0.2, 0.25) is 0 Å². The van der Waals surface area contributed by atoms with Gasteiger partial charge in [0.25, 0.3) is 11.8 Å². The molecule has 9 nitrogen and oxygen atoms in total. The summed E-state index contributed by atoms with van der Waals surface area (Å²) in [5.41, 5.74) is 7.80. The molecule has 0 aliphatic carbocycles. The lowest BCUT2D eigenvalue weighted by Gasteiger charge is -2.11. The number of carbonyl (C=O) groups is 2. The van der Waals surface area contributed by atoms with Crippen LogP contribution in [0.1, 0.15) is 26.4 Å². The van der Waals surface area contributed by atoms with Crippen LogP contribution < -0.4 is 10.9 Å². The van der Waals surface area contributed by atoms with E-state index >= 15 is 0 Å². The Morgan fingerprint density at radius 3 is 2.48 bits per heavy atom. The molecule has 0 aliphatic heterocycles. The molecule has 10 heteroatoms. The minimum atomic E-state index is -0.446. The lowest BCUT2D eigenvalue weighted by molar-refractivity contribution is 0.0847. The molecule has 2 aromatic carbocycles. The van der Waals surface area contributed by atoms with Crippen molar-refractivity contribution < 1.29 is 9.59 Å². The number of rotatable bonds is 3. The minimum Gasteiger partial charge on any atom is -0.267 e. The van der Waals surface area contributed by atoms with Crippen molar-refractivity contribution in [1.29, 1.82) is 0 Å². The second-order valence-electron chi connectivity index (χ2n) is 6.18. The number of aromatic nitrogens is 5. The average molecular weight is 452 g/mol. The molecule has 4 aromatic rings. The Labute approximate surface area is 173 Å². The number of fused-ring (bicyclic) bond motifs is 1. The highest BCUT2D eigenvalue weighted by atomic mass is 79.9.